The second-order valence-corrected chi connectivity index (χ2v) is 12.5. The second kappa shape index (κ2) is 7.62. The van der Waals surface area contributed by atoms with E-state index in [-0.39, 0.29) is 24.1 Å². The smallest absolute Gasteiger partial charge is 0.239 e. The highest BCUT2D eigenvalue weighted by molar-refractivity contribution is 7.93. The summed E-state index contributed by atoms with van der Waals surface area (Å²) in [5.74, 6) is 0.268. The first kappa shape index (κ1) is 21.3. The lowest BCUT2D eigenvalue weighted by Crippen LogP contribution is -2.29. The summed E-state index contributed by atoms with van der Waals surface area (Å²) in [5, 5.41) is 4.55. The van der Waals surface area contributed by atoms with Gasteiger partial charge in [0.1, 0.15) is 0 Å². The van der Waals surface area contributed by atoms with Crippen LogP contribution in [0.25, 0.3) is 6.08 Å². The second-order valence-electron chi connectivity index (χ2n) is 8.22. The average molecular weight is 450 g/mol. The molecule has 1 fully saturated rings. The van der Waals surface area contributed by atoms with E-state index < -0.39 is 19.9 Å². The summed E-state index contributed by atoms with van der Waals surface area (Å²) in [4.78, 5) is 0.424. The van der Waals surface area contributed by atoms with Crippen molar-refractivity contribution in [2.24, 2.45) is 0 Å². The van der Waals surface area contributed by atoms with Gasteiger partial charge in [-0.05, 0) is 50.3 Å². The standard InChI is InChI=1S/C21H27N3O4S2/c1-15-21(16(2)24(22-15)19-10-11-29(25,26)14-19)13-23(3)30(27,28)20-9-8-17-6-4-5-7-18(17)12-20/h4-7,12,19H,8-11,13-14H2,1-3H3/t19-/m0/s1. The van der Waals surface area contributed by atoms with E-state index in [4.69, 9.17) is 0 Å². The molecule has 0 amide bonds. The van der Waals surface area contributed by atoms with Gasteiger partial charge in [0.05, 0.1) is 28.1 Å². The van der Waals surface area contributed by atoms with Crippen molar-refractivity contribution >= 4 is 25.9 Å². The van der Waals surface area contributed by atoms with Gasteiger partial charge in [0.15, 0.2) is 9.84 Å². The summed E-state index contributed by atoms with van der Waals surface area (Å²) in [6.45, 7) is 3.94. The van der Waals surface area contributed by atoms with E-state index in [1.165, 1.54) is 9.87 Å². The largest absolute Gasteiger partial charge is 0.265 e. The van der Waals surface area contributed by atoms with Crippen molar-refractivity contribution in [3.8, 4) is 0 Å². The Bertz CT molecular complexity index is 1230. The number of sulfone groups is 1. The molecule has 0 spiro atoms. The molecule has 2 aromatic rings. The highest BCUT2D eigenvalue weighted by Gasteiger charge is 2.32. The van der Waals surface area contributed by atoms with Crippen LogP contribution in [0, 0.1) is 13.8 Å². The average Bonchev–Trinajstić information content (AvgIpc) is 3.20. The molecule has 1 aromatic carbocycles. The number of nitrogens with zero attached hydrogens (tertiary/aromatic N) is 3. The maximum Gasteiger partial charge on any atom is 0.239 e. The zero-order chi connectivity index (χ0) is 21.7. The van der Waals surface area contributed by atoms with Crippen LogP contribution >= 0.6 is 0 Å². The van der Waals surface area contributed by atoms with E-state index in [1.807, 2.05) is 38.1 Å². The summed E-state index contributed by atoms with van der Waals surface area (Å²) >= 11 is 0. The van der Waals surface area contributed by atoms with Crippen LogP contribution in [0.3, 0.4) is 0 Å². The Kier molecular flexibility index (Phi) is 5.40. The summed E-state index contributed by atoms with van der Waals surface area (Å²) in [7, 11) is -5.04. The third-order valence-electron chi connectivity index (χ3n) is 6.16. The molecule has 4 rings (SSSR count). The molecular formula is C21H27N3O4S2. The molecule has 0 bridgehead atoms. The fraction of sp³-hybridized carbons (Fsp3) is 0.476. The molecular weight excluding hydrogens is 422 g/mol. The third-order valence-corrected chi connectivity index (χ3v) is 9.85. The monoisotopic (exact) mass is 449 g/mol. The van der Waals surface area contributed by atoms with Crippen molar-refractivity contribution in [2.75, 3.05) is 18.6 Å². The normalized spacial score (nSPS) is 20.9. The van der Waals surface area contributed by atoms with E-state index in [2.05, 4.69) is 5.10 Å². The van der Waals surface area contributed by atoms with Crippen molar-refractivity contribution in [3.05, 3.63) is 57.2 Å². The first-order valence-corrected chi connectivity index (χ1v) is 13.3. The number of fused-ring (bicyclic) bond motifs is 1. The highest BCUT2D eigenvalue weighted by atomic mass is 32.2. The van der Waals surface area contributed by atoms with Crippen molar-refractivity contribution in [1.82, 2.24) is 14.1 Å². The van der Waals surface area contributed by atoms with Gasteiger partial charge in [0.25, 0.3) is 0 Å². The zero-order valence-electron chi connectivity index (χ0n) is 17.5. The van der Waals surface area contributed by atoms with E-state index >= 15 is 0 Å². The van der Waals surface area contributed by atoms with E-state index in [9.17, 15) is 16.8 Å². The number of aromatic nitrogens is 2. The molecule has 2 heterocycles. The lowest BCUT2D eigenvalue weighted by molar-refractivity contribution is 0.465. The molecule has 1 aromatic heterocycles. The molecule has 162 valence electrons. The van der Waals surface area contributed by atoms with Crippen molar-refractivity contribution < 1.29 is 16.8 Å². The number of allylic oxidation sites excluding steroid dienone is 1. The van der Waals surface area contributed by atoms with Crippen molar-refractivity contribution in [1.29, 1.82) is 0 Å². The Hall–Kier alpha value is -1.97. The van der Waals surface area contributed by atoms with E-state index in [0.717, 1.165) is 22.5 Å². The van der Waals surface area contributed by atoms with Gasteiger partial charge in [-0.3, -0.25) is 4.68 Å². The van der Waals surface area contributed by atoms with Gasteiger partial charge in [0, 0.05) is 24.8 Å². The maximum absolute atomic E-state index is 13.2. The minimum atomic E-state index is -3.60. The van der Waals surface area contributed by atoms with Crippen LogP contribution in [0.15, 0.2) is 29.2 Å². The first-order chi connectivity index (χ1) is 14.1. The van der Waals surface area contributed by atoms with Crippen LogP contribution in [-0.2, 0) is 32.8 Å². The molecule has 0 saturated carbocycles. The van der Waals surface area contributed by atoms with Crippen LogP contribution in [0.4, 0.5) is 0 Å². The van der Waals surface area contributed by atoms with Gasteiger partial charge in [-0.15, -0.1) is 0 Å². The maximum atomic E-state index is 13.2. The topological polar surface area (TPSA) is 89.3 Å². The first-order valence-electron chi connectivity index (χ1n) is 10.1. The van der Waals surface area contributed by atoms with Crippen molar-refractivity contribution in [3.63, 3.8) is 0 Å². The summed E-state index contributed by atoms with van der Waals surface area (Å²) in [6, 6.07) is 7.68. The molecule has 1 saturated heterocycles. The van der Waals surface area contributed by atoms with Crippen LogP contribution in [0.5, 0.6) is 0 Å². The lowest BCUT2D eigenvalue weighted by Gasteiger charge is -2.22. The lowest BCUT2D eigenvalue weighted by atomic mass is 9.98. The van der Waals surface area contributed by atoms with Gasteiger partial charge >= 0.3 is 0 Å². The Morgan fingerprint density at radius 1 is 1.20 bits per heavy atom. The quantitative estimate of drug-likeness (QED) is 0.700. The van der Waals surface area contributed by atoms with E-state index in [0.29, 0.717) is 24.2 Å². The van der Waals surface area contributed by atoms with E-state index in [1.54, 1.807) is 17.8 Å². The predicted octanol–water partition coefficient (Wildman–Crippen LogP) is 2.61. The number of hydrogen-bond acceptors (Lipinski definition) is 5. The molecule has 0 radical (unpaired) electrons. The molecule has 7 nitrogen and oxygen atoms in total. The van der Waals surface area contributed by atoms with Crippen LogP contribution in [0.2, 0.25) is 0 Å². The number of aryl methyl sites for hydroxylation is 2. The summed E-state index contributed by atoms with van der Waals surface area (Å²) in [6.07, 6.45) is 3.52. The van der Waals surface area contributed by atoms with Gasteiger partial charge < -0.3 is 0 Å². The summed E-state index contributed by atoms with van der Waals surface area (Å²) < 4.78 is 53.3. The number of benzene rings is 1. The fourth-order valence-corrected chi connectivity index (χ4v) is 7.39. The van der Waals surface area contributed by atoms with Gasteiger partial charge in [-0.2, -0.15) is 9.40 Å². The predicted molar refractivity (Wildman–Crippen MR) is 117 cm³/mol. The molecule has 9 heteroatoms. The van der Waals surface area contributed by atoms with Crippen LogP contribution in [-0.4, -0.2) is 49.5 Å². The Labute approximate surface area is 178 Å². The number of rotatable bonds is 5. The SMILES string of the molecule is Cc1nn([C@H]2CCS(=O)(=O)C2)c(C)c1CN(C)S(=O)(=O)C1=Cc2ccccc2CC1. The summed E-state index contributed by atoms with van der Waals surface area (Å²) in [5.41, 5.74) is 4.53. The third kappa shape index (κ3) is 3.86. The van der Waals surface area contributed by atoms with Crippen LogP contribution in [0.1, 0.15) is 47.0 Å². The molecule has 0 N–H and O–H groups in total. The zero-order valence-corrected chi connectivity index (χ0v) is 19.1. The van der Waals surface area contributed by atoms with Gasteiger partial charge in [-0.25, -0.2) is 16.8 Å². The highest BCUT2D eigenvalue weighted by Crippen LogP contribution is 2.31. The Morgan fingerprint density at radius 3 is 2.63 bits per heavy atom. The fourth-order valence-electron chi connectivity index (χ4n) is 4.37. The molecule has 1 aliphatic carbocycles. The Morgan fingerprint density at radius 2 is 1.93 bits per heavy atom. The molecule has 1 aliphatic heterocycles. The molecule has 1 atom stereocenters. The minimum absolute atomic E-state index is 0.0921. The molecule has 2 aliphatic rings. The molecule has 0 unspecified atom stereocenters. The number of sulfonamides is 1. The molecule has 30 heavy (non-hydrogen) atoms. The Balaban J connectivity index is 1.58. The number of hydrogen-bond donors (Lipinski definition) is 0. The van der Waals surface area contributed by atoms with Crippen molar-refractivity contribution in [2.45, 2.75) is 45.7 Å². The van der Waals surface area contributed by atoms with Gasteiger partial charge in [0.2, 0.25) is 10.0 Å². The van der Waals surface area contributed by atoms with Crippen LogP contribution < -0.4 is 0 Å². The minimum Gasteiger partial charge on any atom is -0.265 e. The van der Waals surface area contributed by atoms with Gasteiger partial charge in [-0.1, -0.05) is 24.3 Å².